The Hall–Kier alpha value is -2.37. The van der Waals surface area contributed by atoms with E-state index in [2.05, 4.69) is 4.98 Å². The fourth-order valence-corrected chi connectivity index (χ4v) is 2.43. The minimum absolute atomic E-state index is 0.134. The lowest BCUT2D eigenvalue weighted by atomic mass is 10.1. The number of ether oxygens (including phenoxy) is 1. The molecule has 0 aliphatic carbocycles. The largest absolute Gasteiger partial charge is 0.452 e. The zero-order valence-electron chi connectivity index (χ0n) is 11.6. The summed E-state index contributed by atoms with van der Waals surface area (Å²) >= 11 is 0. The summed E-state index contributed by atoms with van der Waals surface area (Å²) in [6.45, 7) is 1.29. The van der Waals surface area contributed by atoms with E-state index in [-0.39, 0.29) is 12.5 Å². The maximum absolute atomic E-state index is 11.9. The number of amides is 1. The molecule has 0 saturated carbocycles. The van der Waals surface area contributed by atoms with Gasteiger partial charge in [0.2, 0.25) is 0 Å². The second-order valence-corrected chi connectivity index (χ2v) is 5.05. The van der Waals surface area contributed by atoms with E-state index in [4.69, 9.17) is 9.15 Å². The number of aromatic nitrogens is 1. The number of likely N-dealkylation sites (tertiary alicyclic amines) is 1. The van der Waals surface area contributed by atoms with Gasteiger partial charge in [-0.2, -0.15) is 0 Å². The lowest BCUT2D eigenvalue weighted by molar-refractivity contribution is -0.135. The van der Waals surface area contributed by atoms with Gasteiger partial charge in [0.25, 0.3) is 5.91 Å². The number of fused-ring (bicyclic) bond motifs is 1. The number of piperidine rings is 1. The van der Waals surface area contributed by atoms with Crippen LogP contribution in [-0.4, -0.2) is 41.5 Å². The summed E-state index contributed by atoms with van der Waals surface area (Å²) in [5.74, 6) is -0.657. The van der Waals surface area contributed by atoms with Crippen LogP contribution in [0.15, 0.2) is 29.0 Å². The molecule has 6 heteroatoms. The summed E-state index contributed by atoms with van der Waals surface area (Å²) < 4.78 is 10.2. The Kier molecular flexibility index (Phi) is 3.85. The van der Waals surface area contributed by atoms with Gasteiger partial charge in [-0.25, -0.2) is 9.78 Å². The molecule has 1 saturated heterocycles. The number of oxazole rings is 1. The topological polar surface area (TPSA) is 72.6 Å². The Labute approximate surface area is 121 Å². The van der Waals surface area contributed by atoms with E-state index < -0.39 is 5.97 Å². The first-order valence-electron chi connectivity index (χ1n) is 7.02. The molecule has 0 spiro atoms. The number of benzene rings is 1. The monoisotopic (exact) mass is 288 g/mol. The Morgan fingerprint density at radius 1 is 1.24 bits per heavy atom. The standard InChI is InChI=1S/C15H16N2O4/c18-14(17-6-2-1-3-7-17)9-20-15(19)11-4-5-13-12(8-11)16-10-21-13/h4-5,8,10H,1-3,6-7,9H2. The van der Waals surface area contributed by atoms with Crippen LogP contribution in [0.2, 0.25) is 0 Å². The minimum atomic E-state index is -0.523. The van der Waals surface area contributed by atoms with Gasteiger partial charge in [0.05, 0.1) is 5.56 Å². The SMILES string of the molecule is O=C(OCC(=O)N1CCCCC1)c1ccc2ocnc2c1. The third kappa shape index (κ3) is 3.04. The molecule has 0 radical (unpaired) electrons. The number of hydrogen-bond acceptors (Lipinski definition) is 5. The number of esters is 1. The summed E-state index contributed by atoms with van der Waals surface area (Å²) in [5.41, 5.74) is 1.56. The van der Waals surface area contributed by atoms with Gasteiger partial charge in [0.15, 0.2) is 18.6 Å². The molecule has 0 unspecified atom stereocenters. The summed E-state index contributed by atoms with van der Waals surface area (Å²) in [6, 6.07) is 4.85. The summed E-state index contributed by atoms with van der Waals surface area (Å²) in [7, 11) is 0. The lowest BCUT2D eigenvalue weighted by Gasteiger charge is -2.26. The molecule has 0 bridgehead atoms. The van der Waals surface area contributed by atoms with E-state index in [1.807, 2.05) is 0 Å². The fraction of sp³-hybridized carbons (Fsp3) is 0.400. The van der Waals surface area contributed by atoms with Gasteiger partial charge in [-0.15, -0.1) is 0 Å². The van der Waals surface area contributed by atoms with Crippen molar-refractivity contribution in [3.63, 3.8) is 0 Å². The second-order valence-electron chi connectivity index (χ2n) is 5.05. The highest BCUT2D eigenvalue weighted by atomic mass is 16.5. The second kappa shape index (κ2) is 5.95. The predicted octanol–water partition coefficient (Wildman–Crippen LogP) is 2.00. The molecule has 21 heavy (non-hydrogen) atoms. The Morgan fingerprint density at radius 2 is 2.05 bits per heavy atom. The highest BCUT2D eigenvalue weighted by molar-refractivity contribution is 5.94. The van der Waals surface area contributed by atoms with Gasteiger partial charge in [-0.1, -0.05) is 0 Å². The number of carbonyl (C=O) groups is 2. The molecule has 0 atom stereocenters. The Morgan fingerprint density at radius 3 is 2.86 bits per heavy atom. The molecule has 0 N–H and O–H groups in total. The van der Waals surface area contributed by atoms with Crippen LogP contribution in [0.25, 0.3) is 11.1 Å². The van der Waals surface area contributed by atoms with Crippen molar-refractivity contribution in [2.75, 3.05) is 19.7 Å². The highest BCUT2D eigenvalue weighted by Crippen LogP contribution is 2.15. The van der Waals surface area contributed by atoms with Crippen LogP contribution < -0.4 is 0 Å². The molecule has 1 aliphatic heterocycles. The van der Waals surface area contributed by atoms with Gasteiger partial charge >= 0.3 is 5.97 Å². The summed E-state index contributed by atoms with van der Waals surface area (Å²) in [4.78, 5) is 29.6. The molecular weight excluding hydrogens is 272 g/mol. The molecule has 110 valence electrons. The van der Waals surface area contributed by atoms with Crippen LogP contribution in [0, 0.1) is 0 Å². The molecule has 1 aromatic carbocycles. The van der Waals surface area contributed by atoms with Crippen LogP contribution >= 0.6 is 0 Å². The molecule has 2 aromatic rings. The minimum Gasteiger partial charge on any atom is -0.452 e. The molecule has 6 nitrogen and oxygen atoms in total. The number of hydrogen-bond donors (Lipinski definition) is 0. The normalized spacial score (nSPS) is 15.1. The van der Waals surface area contributed by atoms with Crippen LogP contribution in [0.1, 0.15) is 29.6 Å². The van der Waals surface area contributed by atoms with Gasteiger partial charge in [-0.3, -0.25) is 4.79 Å². The smallest absolute Gasteiger partial charge is 0.338 e. The van der Waals surface area contributed by atoms with Crippen molar-refractivity contribution in [1.82, 2.24) is 9.88 Å². The van der Waals surface area contributed by atoms with E-state index in [1.54, 1.807) is 23.1 Å². The molecule has 3 rings (SSSR count). The third-order valence-electron chi connectivity index (χ3n) is 3.60. The van der Waals surface area contributed by atoms with E-state index in [1.165, 1.54) is 6.39 Å². The highest BCUT2D eigenvalue weighted by Gasteiger charge is 2.18. The summed E-state index contributed by atoms with van der Waals surface area (Å²) in [6.07, 6.45) is 4.51. The van der Waals surface area contributed by atoms with E-state index in [0.29, 0.717) is 16.7 Å². The van der Waals surface area contributed by atoms with Crippen molar-refractivity contribution in [3.05, 3.63) is 30.2 Å². The number of carbonyl (C=O) groups excluding carboxylic acids is 2. The van der Waals surface area contributed by atoms with Crippen LogP contribution in [0.4, 0.5) is 0 Å². The first-order chi connectivity index (χ1) is 10.2. The lowest BCUT2D eigenvalue weighted by Crippen LogP contribution is -2.38. The summed E-state index contributed by atoms with van der Waals surface area (Å²) in [5, 5.41) is 0. The molecular formula is C15H16N2O4. The van der Waals surface area contributed by atoms with Crippen molar-refractivity contribution in [1.29, 1.82) is 0 Å². The molecule has 1 aromatic heterocycles. The predicted molar refractivity (Wildman–Crippen MR) is 74.7 cm³/mol. The Bertz CT molecular complexity index is 658. The third-order valence-corrected chi connectivity index (χ3v) is 3.60. The first kappa shape index (κ1) is 13.6. The average Bonchev–Trinajstić information content (AvgIpc) is 3.00. The zero-order valence-corrected chi connectivity index (χ0v) is 11.6. The van der Waals surface area contributed by atoms with Gasteiger partial charge in [0.1, 0.15) is 5.52 Å². The number of nitrogens with zero attached hydrogens (tertiary/aromatic N) is 2. The number of rotatable bonds is 3. The molecule has 2 heterocycles. The van der Waals surface area contributed by atoms with Crippen molar-refractivity contribution in [2.45, 2.75) is 19.3 Å². The van der Waals surface area contributed by atoms with Crippen LogP contribution in [0.5, 0.6) is 0 Å². The van der Waals surface area contributed by atoms with E-state index in [9.17, 15) is 9.59 Å². The fourth-order valence-electron chi connectivity index (χ4n) is 2.43. The van der Waals surface area contributed by atoms with Crippen molar-refractivity contribution >= 4 is 23.0 Å². The van der Waals surface area contributed by atoms with Crippen LogP contribution in [0.3, 0.4) is 0 Å². The van der Waals surface area contributed by atoms with Gasteiger partial charge in [0, 0.05) is 13.1 Å². The van der Waals surface area contributed by atoms with E-state index in [0.717, 1.165) is 32.4 Å². The molecule has 1 amide bonds. The Balaban J connectivity index is 1.59. The molecule has 1 fully saturated rings. The first-order valence-corrected chi connectivity index (χ1v) is 7.02. The maximum atomic E-state index is 11.9. The average molecular weight is 288 g/mol. The van der Waals surface area contributed by atoms with E-state index >= 15 is 0 Å². The van der Waals surface area contributed by atoms with Crippen molar-refractivity contribution in [3.8, 4) is 0 Å². The van der Waals surface area contributed by atoms with Crippen LogP contribution in [-0.2, 0) is 9.53 Å². The van der Waals surface area contributed by atoms with Gasteiger partial charge in [-0.05, 0) is 37.5 Å². The quantitative estimate of drug-likeness (QED) is 0.808. The van der Waals surface area contributed by atoms with Crippen molar-refractivity contribution in [2.24, 2.45) is 0 Å². The zero-order chi connectivity index (χ0) is 14.7. The maximum Gasteiger partial charge on any atom is 0.338 e. The van der Waals surface area contributed by atoms with Gasteiger partial charge < -0.3 is 14.1 Å². The molecule has 1 aliphatic rings. The van der Waals surface area contributed by atoms with Crippen molar-refractivity contribution < 1.29 is 18.7 Å².